The van der Waals surface area contributed by atoms with Crippen LogP contribution in [0.1, 0.15) is 44.9 Å². The summed E-state index contributed by atoms with van der Waals surface area (Å²) in [5.74, 6) is 0.718. The molecule has 0 radical (unpaired) electrons. The van der Waals surface area contributed by atoms with Crippen molar-refractivity contribution in [2.75, 3.05) is 19.6 Å². The van der Waals surface area contributed by atoms with Crippen molar-refractivity contribution in [3.8, 4) is 11.4 Å². The van der Waals surface area contributed by atoms with Crippen molar-refractivity contribution >= 4 is 0 Å². The van der Waals surface area contributed by atoms with Gasteiger partial charge in [0.1, 0.15) is 0 Å². The van der Waals surface area contributed by atoms with Gasteiger partial charge in [-0.05, 0) is 50.5 Å². The molecule has 3 rings (SSSR count). The van der Waals surface area contributed by atoms with Gasteiger partial charge >= 0.3 is 0 Å². The fourth-order valence-electron chi connectivity index (χ4n) is 3.17. The molecule has 0 amide bonds. The number of tetrazole rings is 1. The Bertz CT molecular complexity index is 558. The maximum absolute atomic E-state index is 4.46. The van der Waals surface area contributed by atoms with E-state index in [0.717, 1.165) is 24.4 Å². The van der Waals surface area contributed by atoms with Gasteiger partial charge in [0.05, 0.1) is 6.54 Å². The van der Waals surface area contributed by atoms with E-state index in [9.17, 15) is 0 Å². The van der Waals surface area contributed by atoms with Crippen LogP contribution in [0.5, 0.6) is 0 Å². The molecule has 0 saturated carbocycles. The smallest absolute Gasteiger partial charge is 0.204 e. The Balaban J connectivity index is 1.35. The van der Waals surface area contributed by atoms with Crippen LogP contribution in [0.25, 0.3) is 11.4 Å². The second kappa shape index (κ2) is 8.77. The van der Waals surface area contributed by atoms with E-state index in [4.69, 9.17) is 0 Å². The van der Waals surface area contributed by atoms with Gasteiger partial charge in [0.2, 0.25) is 5.82 Å². The monoisotopic (exact) mass is 313 g/mol. The van der Waals surface area contributed by atoms with E-state index in [-0.39, 0.29) is 0 Å². The molecule has 5 heteroatoms. The Labute approximate surface area is 138 Å². The molecule has 124 valence electrons. The van der Waals surface area contributed by atoms with Gasteiger partial charge in [-0.2, -0.15) is 4.80 Å². The third-order valence-electron chi connectivity index (χ3n) is 4.52. The quantitative estimate of drug-likeness (QED) is 0.735. The molecule has 1 aliphatic rings. The molecule has 0 N–H and O–H groups in total. The van der Waals surface area contributed by atoms with Crippen LogP contribution < -0.4 is 0 Å². The predicted molar refractivity (Wildman–Crippen MR) is 92.0 cm³/mol. The summed E-state index contributed by atoms with van der Waals surface area (Å²) in [6, 6.07) is 10.0. The lowest BCUT2D eigenvalue weighted by molar-refractivity contribution is 0.276. The van der Waals surface area contributed by atoms with Gasteiger partial charge in [-0.15, -0.1) is 10.2 Å². The summed E-state index contributed by atoms with van der Waals surface area (Å²) in [4.78, 5) is 4.36. The van der Waals surface area contributed by atoms with Gasteiger partial charge in [0.25, 0.3) is 0 Å². The number of rotatable bonds is 7. The minimum atomic E-state index is 0.718. The molecule has 23 heavy (non-hydrogen) atoms. The molecule has 0 atom stereocenters. The Hall–Kier alpha value is -1.75. The van der Waals surface area contributed by atoms with Crippen LogP contribution in [0.2, 0.25) is 0 Å². The minimum Gasteiger partial charge on any atom is -0.303 e. The van der Waals surface area contributed by atoms with E-state index in [2.05, 4.69) is 20.3 Å². The molecule has 1 aliphatic heterocycles. The summed E-state index contributed by atoms with van der Waals surface area (Å²) in [6.07, 6.45) is 9.23. The number of unbranched alkanes of at least 4 members (excludes halogenated alkanes) is 2. The SMILES string of the molecule is c1ccc(-c2nnn(CCCCCN3CCCCCC3)n2)cc1. The number of aryl methyl sites for hydroxylation is 1. The zero-order valence-corrected chi connectivity index (χ0v) is 13.9. The normalized spacial score (nSPS) is 16.3. The van der Waals surface area contributed by atoms with E-state index in [1.54, 1.807) is 4.80 Å². The van der Waals surface area contributed by atoms with Crippen LogP contribution >= 0.6 is 0 Å². The zero-order valence-electron chi connectivity index (χ0n) is 13.9. The van der Waals surface area contributed by atoms with Crippen LogP contribution in [-0.4, -0.2) is 44.7 Å². The molecule has 5 nitrogen and oxygen atoms in total. The van der Waals surface area contributed by atoms with Crippen molar-refractivity contribution in [3.05, 3.63) is 30.3 Å². The molecule has 2 aromatic rings. The minimum absolute atomic E-state index is 0.718. The van der Waals surface area contributed by atoms with Gasteiger partial charge in [-0.1, -0.05) is 49.6 Å². The maximum Gasteiger partial charge on any atom is 0.204 e. The molecule has 1 saturated heterocycles. The Morgan fingerprint density at radius 2 is 1.57 bits per heavy atom. The molecule has 0 bridgehead atoms. The highest BCUT2D eigenvalue weighted by atomic mass is 15.6. The van der Waals surface area contributed by atoms with E-state index in [0.29, 0.717) is 0 Å². The van der Waals surface area contributed by atoms with E-state index < -0.39 is 0 Å². The highest BCUT2D eigenvalue weighted by molar-refractivity contribution is 5.52. The van der Waals surface area contributed by atoms with Gasteiger partial charge in [-0.25, -0.2) is 0 Å². The Morgan fingerprint density at radius 3 is 2.35 bits per heavy atom. The van der Waals surface area contributed by atoms with Gasteiger partial charge in [0.15, 0.2) is 0 Å². The fourth-order valence-corrected chi connectivity index (χ4v) is 3.17. The van der Waals surface area contributed by atoms with Crippen LogP contribution in [0.3, 0.4) is 0 Å². The van der Waals surface area contributed by atoms with E-state index >= 15 is 0 Å². The number of aromatic nitrogens is 4. The number of hydrogen-bond donors (Lipinski definition) is 0. The van der Waals surface area contributed by atoms with Crippen LogP contribution in [0, 0.1) is 0 Å². The molecule has 1 aromatic carbocycles. The molecular formula is C18H27N5. The molecular weight excluding hydrogens is 286 g/mol. The molecule has 0 aliphatic carbocycles. The summed E-state index contributed by atoms with van der Waals surface area (Å²) in [7, 11) is 0. The zero-order chi connectivity index (χ0) is 15.7. The van der Waals surface area contributed by atoms with Crippen LogP contribution in [-0.2, 0) is 6.54 Å². The van der Waals surface area contributed by atoms with Crippen molar-refractivity contribution in [1.82, 2.24) is 25.1 Å². The largest absolute Gasteiger partial charge is 0.303 e. The Kier molecular flexibility index (Phi) is 6.15. The number of benzene rings is 1. The standard InChI is InChI=1S/C18H27N5/c1-2-8-14-22(13-7-1)15-9-4-10-16-23-20-18(19-21-23)17-11-5-3-6-12-17/h3,5-6,11-12H,1-2,4,7-10,13-16H2. The summed E-state index contributed by atoms with van der Waals surface area (Å²) in [5, 5.41) is 12.8. The average Bonchev–Trinajstić information content (AvgIpc) is 2.91. The first-order chi connectivity index (χ1) is 11.4. The maximum atomic E-state index is 4.46. The lowest BCUT2D eigenvalue weighted by Crippen LogP contribution is -2.25. The lowest BCUT2D eigenvalue weighted by atomic mass is 10.2. The van der Waals surface area contributed by atoms with E-state index in [1.165, 1.54) is 58.2 Å². The average molecular weight is 313 g/mol. The Morgan fingerprint density at radius 1 is 0.826 bits per heavy atom. The first-order valence-corrected chi connectivity index (χ1v) is 8.97. The second-order valence-corrected chi connectivity index (χ2v) is 6.39. The van der Waals surface area contributed by atoms with Crippen molar-refractivity contribution < 1.29 is 0 Å². The van der Waals surface area contributed by atoms with Crippen molar-refractivity contribution in [3.63, 3.8) is 0 Å². The summed E-state index contributed by atoms with van der Waals surface area (Å²) in [5.41, 5.74) is 1.03. The summed E-state index contributed by atoms with van der Waals surface area (Å²) < 4.78 is 0. The summed E-state index contributed by atoms with van der Waals surface area (Å²) >= 11 is 0. The van der Waals surface area contributed by atoms with Crippen LogP contribution in [0.15, 0.2) is 30.3 Å². The highest BCUT2D eigenvalue weighted by Crippen LogP contribution is 2.13. The number of likely N-dealkylation sites (tertiary alicyclic amines) is 1. The fraction of sp³-hybridized carbons (Fsp3) is 0.611. The van der Waals surface area contributed by atoms with Gasteiger partial charge in [0, 0.05) is 5.56 Å². The van der Waals surface area contributed by atoms with Crippen molar-refractivity contribution in [2.24, 2.45) is 0 Å². The second-order valence-electron chi connectivity index (χ2n) is 6.39. The van der Waals surface area contributed by atoms with Crippen LogP contribution in [0.4, 0.5) is 0 Å². The topological polar surface area (TPSA) is 46.8 Å². The molecule has 0 unspecified atom stereocenters. The first kappa shape index (κ1) is 16.1. The molecule has 1 aromatic heterocycles. The number of nitrogens with zero attached hydrogens (tertiary/aromatic N) is 5. The summed E-state index contributed by atoms with van der Waals surface area (Å²) in [6.45, 7) is 4.70. The van der Waals surface area contributed by atoms with E-state index in [1.807, 2.05) is 30.3 Å². The molecule has 1 fully saturated rings. The molecule has 2 heterocycles. The third kappa shape index (κ3) is 5.13. The van der Waals surface area contributed by atoms with Gasteiger partial charge < -0.3 is 4.90 Å². The van der Waals surface area contributed by atoms with Crippen molar-refractivity contribution in [2.45, 2.75) is 51.5 Å². The number of hydrogen-bond acceptors (Lipinski definition) is 4. The molecule has 0 spiro atoms. The van der Waals surface area contributed by atoms with Crippen molar-refractivity contribution in [1.29, 1.82) is 0 Å². The first-order valence-electron chi connectivity index (χ1n) is 8.97. The highest BCUT2D eigenvalue weighted by Gasteiger charge is 2.08. The lowest BCUT2D eigenvalue weighted by Gasteiger charge is -2.19. The van der Waals surface area contributed by atoms with Gasteiger partial charge in [-0.3, -0.25) is 0 Å². The predicted octanol–water partition coefficient (Wildman–Crippen LogP) is 3.39. The third-order valence-corrected chi connectivity index (χ3v) is 4.52.